The number of nitrogens with zero attached hydrogens (tertiary/aromatic N) is 5. The van der Waals surface area contributed by atoms with Crippen molar-refractivity contribution in [2.45, 2.75) is 51.3 Å². The van der Waals surface area contributed by atoms with Crippen molar-refractivity contribution < 1.29 is 14.0 Å². The van der Waals surface area contributed by atoms with Crippen molar-refractivity contribution in [2.24, 2.45) is 0 Å². The molecule has 0 radical (unpaired) electrons. The van der Waals surface area contributed by atoms with Crippen molar-refractivity contribution in [1.82, 2.24) is 20.2 Å². The topological polar surface area (TPSA) is 60.5 Å². The molecule has 4 rings (SSSR count). The first-order valence-corrected chi connectivity index (χ1v) is 10.5. The molecule has 2 aromatic rings. The first kappa shape index (κ1) is 19.3. The number of ether oxygens (including phenoxy) is 1. The maximum atomic E-state index is 14.1. The van der Waals surface area contributed by atoms with E-state index < -0.39 is 0 Å². The molecule has 28 heavy (non-hydrogen) atoms. The van der Waals surface area contributed by atoms with Crippen molar-refractivity contribution in [3.63, 3.8) is 0 Å². The van der Waals surface area contributed by atoms with Gasteiger partial charge in [0.1, 0.15) is 11.9 Å². The van der Waals surface area contributed by atoms with Crippen LogP contribution >= 0.6 is 0 Å². The molecule has 0 spiro atoms. The summed E-state index contributed by atoms with van der Waals surface area (Å²) in [5, 5.41) is 12.6. The van der Waals surface area contributed by atoms with E-state index in [0.29, 0.717) is 5.69 Å². The molecule has 7 nitrogen and oxygen atoms in total. The average molecular weight is 389 g/mol. The van der Waals surface area contributed by atoms with Crippen LogP contribution in [0, 0.1) is 5.82 Å². The van der Waals surface area contributed by atoms with E-state index in [1.54, 1.807) is 6.07 Å². The maximum Gasteiger partial charge on any atom is 0.209 e. The van der Waals surface area contributed by atoms with E-state index in [1.807, 2.05) is 16.8 Å². The Hall–Kier alpha value is -2.06. The molecule has 0 bridgehead atoms. The molecule has 2 atom stereocenters. The van der Waals surface area contributed by atoms with E-state index in [9.17, 15) is 4.39 Å². The van der Waals surface area contributed by atoms with Gasteiger partial charge in [0.25, 0.3) is 0 Å². The molecule has 1 N–H and O–H groups in total. The van der Waals surface area contributed by atoms with Crippen molar-refractivity contribution >= 4 is 5.69 Å². The SMILES string of the molecule is CCC[C@H](c1nnnn1C[C@@H]1CCCO1)[NH+]1CCN(c2ccccc2F)CC1. The summed E-state index contributed by atoms with van der Waals surface area (Å²) < 4.78 is 21.9. The van der Waals surface area contributed by atoms with E-state index in [2.05, 4.69) is 27.3 Å². The Bertz CT molecular complexity index is 755. The van der Waals surface area contributed by atoms with Gasteiger partial charge in [-0.3, -0.25) is 0 Å². The number of piperazine rings is 1. The van der Waals surface area contributed by atoms with Gasteiger partial charge in [-0.05, 0) is 35.4 Å². The molecule has 0 saturated carbocycles. The third-order valence-corrected chi connectivity index (χ3v) is 5.94. The zero-order valence-corrected chi connectivity index (χ0v) is 16.6. The number of nitrogens with one attached hydrogen (secondary N) is 1. The first-order valence-electron chi connectivity index (χ1n) is 10.5. The van der Waals surface area contributed by atoms with Gasteiger partial charge >= 0.3 is 0 Å². The fourth-order valence-electron chi connectivity index (χ4n) is 4.47. The Morgan fingerprint density at radius 2 is 2.11 bits per heavy atom. The van der Waals surface area contributed by atoms with Gasteiger partial charge in [-0.15, -0.1) is 5.10 Å². The molecule has 2 aliphatic heterocycles. The summed E-state index contributed by atoms with van der Waals surface area (Å²) in [5.74, 6) is 0.822. The number of halogens is 1. The number of para-hydroxylation sites is 1. The zero-order chi connectivity index (χ0) is 19.3. The molecule has 0 aliphatic carbocycles. The number of benzene rings is 1. The summed E-state index contributed by atoms with van der Waals surface area (Å²) in [6.45, 7) is 7.35. The lowest BCUT2D eigenvalue weighted by atomic mass is 10.1. The van der Waals surface area contributed by atoms with Gasteiger partial charge in [-0.25, -0.2) is 9.07 Å². The number of rotatable bonds is 7. The standard InChI is InChI=1S/C20H29FN6O/c1-2-6-19(20-22-23-24-27(20)15-16-7-5-14-28-16)26-12-10-25(11-13-26)18-9-4-3-8-17(18)21/h3-4,8-9,16,19H,2,5-7,10-15H2,1H3/p+1/t16-,19+/m0/s1. The molecule has 3 heterocycles. The highest BCUT2D eigenvalue weighted by Gasteiger charge is 2.33. The van der Waals surface area contributed by atoms with Crippen molar-refractivity contribution in [3.05, 3.63) is 35.9 Å². The van der Waals surface area contributed by atoms with Gasteiger partial charge in [0.15, 0.2) is 0 Å². The van der Waals surface area contributed by atoms with Gasteiger partial charge < -0.3 is 14.5 Å². The lowest BCUT2D eigenvalue weighted by Gasteiger charge is -2.37. The Labute approximate surface area is 165 Å². The molecule has 2 aliphatic rings. The van der Waals surface area contributed by atoms with Gasteiger partial charge in [0.2, 0.25) is 5.82 Å². The second-order valence-electron chi connectivity index (χ2n) is 7.79. The first-order chi connectivity index (χ1) is 13.8. The van der Waals surface area contributed by atoms with Gasteiger partial charge in [0.05, 0.1) is 44.5 Å². The predicted octanol–water partition coefficient (Wildman–Crippen LogP) is 1.24. The molecule has 0 unspecified atom stereocenters. The van der Waals surface area contributed by atoms with E-state index in [-0.39, 0.29) is 18.0 Å². The highest BCUT2D eigenvalue weighted by atomic mass is 19.1. The minimum atomic E-state index is -0.142. The van der Waals surface area contributed by atoms with Gasteiger partial charge in [0, 0.05) is 13.0 Å². The Morgan fingerprint density at radius 3 is 2.82 bits per heavy atom. The monoisotopic (exact) mass is 389 g/mol. The fourth-order valence-corrected chi connectivity index (χ4v) is 4.47. The van der Waals surface area contributed by atoms with Crippen molar-refractivity contribution in [1.29, 1.82) is 0 Å². The summed E-state index contributed by atoms with van der Waals surface area (Å²) in [6.07, 6.45) is 4.53. The van der Waals surface area contributed by atoms with Gasteiger partial charge in [-0.2, -0.15) is 0 Å². The molecule has 2 saturated heterocycles. The van der Waals surface area contributed by atoms with Crippen LogP contribution in [0.5, 0.6) is 0 Å². The molecule has 1 aromatic heterocycles. The summed E-state index contributed by atoms with van der Waals surface area (Å²) in [5.41, 5.74) is 0.705. The lowest BCUT2D eigenvalue weighted by Crippen LogP contribution is -3.15. The van der Waals surface area contributed by atoms with Crippen LogP contribution in [0.25, 0.3) is 0 Å². The van der Waals surface area contributed by atoms with Crippen molar-refractivity contribution in [2.75, 3.05) is 37.7 Å². The van der Waals surface area contributed by atoms with Crippen LogP contribution < -0.4 is 9.80 Å². The smallest absolute Gasteiger partial charge is 0.209 e. The maximum absolute atomic E-state index is 14.1. The van der Waals surface area contributed by atoms with Crippen LogP contribution in [0.15, 0.2) is 24.3 Å². The molecule has 1 aromatic carbocycles. The van der Waals surface area contributed by atoms with Crippen LogP contribution in [0.1, 0.15) is 44.5 Å². The predicted molar refractivity (Wildman–Crippen MR) is 104 cm³/mol. The number of aromatic nitrogens is 4. The molecular formula is C20H30FN6O+. The van der Waals surface area contributed by atoms with Crippen LogP contribution in [-0.4, -0.2) is 59.1 Å². The lowest BCUT2D eigenvalue weighted by molar-refractivity contribution is -0.933. The fraction of sp³-hybridized carbons (Fsp3) is 0.650. The van der Waals surface area contributed by atoms with Gasteiger partial charge in [-0.1, -0.05) is 25.5 Å². The number of hydrogen-bond donors (Lipinski definition) is 1. The Morgan fingerprint density at radius 1 is 1.29 bits per heavy atom. The largest absolute Gasteiger partial charge is 0.376 e. The Balaban J connectivity index is 1.44. The van der Waals surface area contributed by atoms with Crippen LogP contribution in [-0.2, 0) is 11.3 Å². The summed E-state index contributed by atoms with van der Waals surface area (Å²) in [7, 11) is 0. The summed E-state index contributed by atoms with van der Waals surface area (Å²) in [4.78, 5) is 3.63. The minimum absolute atomic E-state index is 0.142. The third kappa shape index (κ3) is 4.17. The Kier molecular flexibility index (Phi) is 6.17. The van der Waals surface area contributed by atoms with Crippen LogP contribution in [0.4, 0.5) is 10.1 Å². The van der Waals surface area contributed by atoms with Crippen LogP contribution in [0.3, 0.4) is 0 Å². The molecule has 2 fully saturated rings. The summed E-state index contributed by atoms with van der Waals surface area (Å²) >= 11 is 0. The van der Waals surface area contributed by atoms with Crippen molar-refractivity contribution in [3.8, 4) is 0 Å². The average Bonchev–Trinajstić information content (AvgIpc) is 3.39. The number of quaternary nitrogens is 1. The molecule has 0 amide bonds. The normalized spacial score (nSPS) is 21.9. The number of anilines is 1. The quantitative estimate of drug-likeness (QED) is 0.772. The second-order valence-corrected chi connectivity index (χ2v) is 7.79. The highest BCUT2D eigenvalue weighted by Crippen LogP contribution is 2.20. The van der Waals surface area contributed by atoms with E-state index in [1.165, 1.54) is 11.0 Å². The second kappa shape index (κ2) is 8.96. The molecule has 8 heteroatoms. The molecule has 152 valence electrons. The zero-order valence-electron chi connectivity index (χ0n) is 16.6. The molecular weight excluding hydrogens is 359 g/mol. The minimum Gasteiger partial charge on any atom is -0.376 e. The van der Waals surface area contributed by atoms with Crippen LogP contribution in [0.2, 0.25) is 0 Å². The number of tetrazole rings is 1. The number of hydrogen-bond acceptors (Lipinski definition) is 5. The van der Waals surface area contributed by atoms with E-state index in [4.69, 9.17) is 4.74 Å². The highest BCUT2D eigenvalue weighted by molar-refractivity contribution is 5.47. The van der Waals surface area contributed by atoms with E-state index in [0.717, 1.165) is 70.8 Å². The van der Waals surface area contributed by atoms with E-state index >= 15 is 0 Å². The third-order valence-electron chi connectivity index (χ3n) is 5.94. The summed E-state index contributed by atoms with van der Waals surface area (Å²) in [6, 6.07) is 7.31.